The number of carbonyl (C=O) groups excluding carboxylic acids is 3. The number of phenols is 1. The number of benzene rings is 2. The molecule has 0 aliphatic heterocycles. The third-order valence-corrected chi connectivity index (χ3v) is 7.11. The molecule has 9 nitrogen and oxygen atoms in total. The lowest BCUT2D eigenvalue weighted by Crippen LogP contribution is -2.63. The molecule has 0 aromatic heterocycles. The number of primary amides is 1. The molecule has 1 amide bonds. The number of nitrogens with two attached hydrogens (primary N) is 1. The second-order valence-electron chi connectivity index (χ2n) is 9.15. The van der Waals surface area contributed by atoms with E-state index < -0.39 is 87.5 Å². The van der Waals surface area contributed by atoms with Crippen LogP contribution in [-0.4, -0.2) is 54.7 Å². The molecule has 0 spiro atoms. The lowest BCUT2D eigenvalue weighted by Gasteiger charge is -2.49. The number of phenolic OH excluding ortho intramolecular Hbond substituents is 1. The van der Waals surface area contributed by atoms with Crippen LogP contribution in [0.15, 0.2) is 53.3 Å². The molecule has 0 unspecified atom stereocenters. The molecule has 1 saturated carbocycles. The Balaban J connectivity index is 1.83. The summed E-state index contributed by atoms with van der Waals surface area (Å²) in [4.78, 5) is 38.1. The number of aromatic hydroxyl groups is 1. The lowest BCUT2D eigenvalue weighted by atomic mass is 9.56. The third kappa shape index (κ3) is 3.31. The summed E-state index contributed by atoms with van der Waals surface area (Å²) >= 11 is 0. The number of halogens is 2. The molecule has 1 fully saturated rings. The van der Waals surface area contributed by atoms with E-state index >= 15 is 0 Å². The molecule has 0 heterocycles. The Morgan fingerprint density at radius 1 is 1.08 bits per heavy atom. The summed E-state index contributed by atoms with van der Waals surface area (Å²) in [5.74, 6) is -11.4. The lowest BCUT2D eigenvalue weighted by molar-refractivity contribution is -0.157. The van der Waals surface area contributed by atoms with Gasteiger partial charge in [-0.25, -0.2) is 8.78 Å². The summed E-state index contributed by atoms with van der Waals surface area (Å²) in [6, 6.07) is 6.60. The summed E-state index contributed by atoms with van der Waals surface area (Å²) in [6.07, 6.45) is -1.36. The van der Waals surface area contributed by atoms with Gasteiger partial charge in [-0.3, -0.25) is 14.4 Å². The van der Waals surface area contributed by atoms with Gasteiger partial charge in [0.25, 0.3) is 5.91 Å². The van der Waals surface area contributed by atoms with Gasteiger partial charge in [0.1, 0.15) is 34.5 Å². The van der Waals surface area contributed by atoms with Crippen LogP contribution in [0.4, 0.5) is 8.78 Å². The highest BCUT2D eigenvalue weighted by atomic mass is 19.1. The minimum atomic E-state index is -3.00. The van der Waals surface area contributed by atoms with E-state index in [1.807, 2.05) is 0 Å². The first kappa shape index (κ1) is 24.3. The van der Waals surface area contributed by atoms with Crippen LogP contribution in [0.1, 0.15) is 23.1 Å². The van der Waals surface area contributed by atoms with Crippen LogP contribution in [0.25, 0.3) is 17.4 Å². The van der Waals surface area contributed by atoms with E-state index in [0.717, 1.165) is 12.1 Å². The normalized spacial score (nSPS) is 28.2. The molecule has 11 heteroatoms. The first-order chi connectivity index (χ1) is 17.4. The van der Waals surface area contributed by atoms with E-state index in [9.17, 15) is 48.7 Å². The van der Waals surface area contributed by atoms with Gasteiger partial charge in [-0.1, -0.05) is 18.2 Å². The highest BCUT2D eigenvalue weighted by Gasteiger charge is 2.64. The van der Waals surface area contributed by atoms with Crippen molar-refractivity contribution < 1.29 is 48.7 Å². The second-order valence-corrected chi connectivity index (χ2v) is 9.15. The monoisotopic (exact) mass is 511 g/mol. The molecule has 0 radical (unpaired) electrons. The van der Waals surface area contributed by atoms with Crippen molar-refractivity contribution in [1.29, 1.82) is 0 Å². The van der Waals surface area contributed by atoms with Crippen molar-refractivity contribution in [2.45, 2.75) is 18.1 Å². The van der Waals surface area contributed by atoms with Gasteiger partial charge in [-0.15, -0.1) is 0 Å². The maximum Gasteiger partial charge on any atom is 0.255 e. The molecule has 190 valence electrons. The van der Waals surface area contributed by atoms with Crippen molar-refractivity contribution in [2.75, 3.05) is 0 Å². The number of amides is 1. The quantitative estimate of drug-likeness (QED) is 0.330. The summed E-state index contributed by atoms with van der Waals surface area (Å²) < 4.78 is 27.9. The van der Waals surface area contributed by atoms with E-state index in [-0.39, 0.29) is 22.3 Å². The number of Topliss-reactive ketones (excluding diaryl/α,β-unsaturated/α-hetero) is 2. The van der Waals surface area contributed by atoms with Gasteiger partial charge in [0, 0.05) is 24.3 Å². The van der Waals surface area contributed by atoms with Gasteiger partial charge in [0.2, 0.25) is 5.78 Å². The maximum absolute atomic E-state index is 13.9. The van der Waals surface area contributed by atoms with Crippen LogP contribution in [0.3, 0.4) is 0 Å². The Hall–Kier alpha value is -4.35. The number of aliphatic hydroxyl groups excluding tert-OH is 3. The smallest absolute Gasteiger partial charge is 0.255 e. The largest absolute Gasteiger partial charge is 0.508 e. The molecular weight excluding hydrogens is 492 g/mol. The number of ketones is 2. The maximum atomic E-state index is 13.9. The van der Waals surface area contributed by atoms with Crippen LogP contribution >= 0.6 is 0 Å². The second kappa shape index (κ2) is 8.08. The fourth-order valence-corrected chi connectivity index (χ4v) is 5.53. The molecular formula is C26H19F2NO8. The zero-order valence-corrected chi connectivity index (χ0v) is 18.8. The topological polar surface area (TPSA) is 178 Å². The average Bonchev–Trinajstić information content (AvgIpc) is 2.80. The molecule has 0 bridgehead atoms. The summed E-state index contributed by atoms with van der Waals surface area (Å²) in [5, 5.41) is 55.0. The minimum absolute atomic E-state index is 0.0264. The highest BCUT2D eigenvalue weighted by molar-refractivity contribution is 6.23. The summed E-state index contributed by atoms with van der Waals surface area (Å²) in [5.41, 5.74) is 0.331. The molecule has 2 aromatic rings. The number of aliphatic hydroxyl groups is 4. The van der Waals surface area contributed by atoms with Gasteiger partial charge in [0.05, 0.1) is 17.2 Å². The fraction of sp³-hybridized carbons (Fsp3) is 0.192. The van der Waals surface area contributed by atoms with Gasteiger partial charge in [-0.05, 0) is 34.9 Å². The summed E-state index contributed by atoms with van der Waals surface area (Å²) in [7, 11) is 0. The van der Waals surface area contributed by atoms with E-state index in [4.69, 9.17) is 5.73 Å². The number of rotatable bonds is 2. The van der Waals surface area contributed by atoms with Crippen LogP contribution in [0.2, 0.25) is 0 Å². The van der Waals surface area contributed by atoms with Crippen LogP contribution in [0, 0.1) is 23.5 Å². The minimum Gasteiger partial charge on any atom is -0.508 e. The van der Waals surface area contributed by atoms with Crippen LogP contribution in [0.5, 0.6) is 5.75 Å². The van der Waals surface area contributed by atoms with E-state index in [2.05, 4.69) is 0 Å². The van der Waals surface area contributed by atoms with Crippen molar-refractivity contribution in [1.82, 2.24) is 0 Å². The Labute approximate surface area is 207 Å². The molecule has 37 heavy (non-hydrogen) atoms. The first-order valence-electron chi connectivity index (χ1n) is 11.0. The highest BCUT2D eigenvalue weighted by Crippen LogP contribution is 2.55. The molecule has 4 atom stereocenters. The molecule has 2 aromatic carbocycles. The number of carbonyl (C=O) groups is 3. The number of hydrogen-bond donors (Lipinski definition) is 6. The van der Waals surface area contributed by atoms with Crippen molar-refractivity contribution in [2.24, 2.45) is 17.6 Å². The fourth-order valence-electron chi connectivity index (χ4n) is 5.53. The van der Waals surface area contributed by atoms with E-state index in [1.165, 1.54) is 24.3 Å². The Kier molecular flexibility index (Phi) is 5.32. The van der Waals surface area contributed by atoms with Gasteiger partial charge < -0.3 is 31.3 Å². The zero-order valence-electron chi connectivity index (χ0n) is 18.8. The van der Waals surface area contributed by atoms with E-state index in [0.29, 0.717) is 6.07 Å². The Morgan fingerprint density at radius 2 is 1.73 bits per heavy atom. The van der Waals surface area contributed by atoms with Gasteiger partial charge >= 0.3 is 0 Å². The van der Waals surface area contributed by atoms with Gasteiger partial charge in [0.15, 0.2) is 11.4 Å². The molecule has 0 saturated heterocycles. The molecule has 3 aliphatic carbocycles. The molecule has 3 aliphatic rings. The Bertz CT molecular complexity index is 1500. The van der Waals surface area contributed by atoms with Crippen LogP contribution < -0.4 is 5.73 Å². The van der Waals surface area contributed by atoms with Crippen molar-refractivity contribution in [3.63, 3.8) is 0 Å². The van der Waals surface area contributed by atoms with E-state index in [1.54, 1.807) is 0 Å². The average molecular weight is 511 g/mol. The van der Waals surface area contributed by atoms with Gasteiger partial charge in [-0.2, -0.15) is 0 Å². The van der Waals surface area contributed by atoms with Crippen molar-refractivity contribution in [3.8, 4) is 5.75 Å². The van der Waals surface area contributed by atoms with Crippen molar-refractivity contribution >= 4 is 34.9 Å². The predicted molar refractivity (Wildman–Crippen MR) is 123 cm³/mol. The number of hydrogen-bond acceptors (Lipinski definition) is 8. The van der Waals surface area contributed by atoms with Crippen molar-refractivity contribution in [3.05, 3.63) is 81.6 Å². The third-order valence-electron chi connectivity index (χ3n) is 7.11. The number of fused-ring (bicyclic) bond motifs is 3. The standard InChI is InChI=1S/C26H19F2NO8/c27-10-4-9(5-11(28)7-10)6-13-12-2-1-3-15(30)17(12)22(33)20-18(13)21(32)14-8-16(31)19(25(29)36)23(34)26(14,37)24(20)35/h1-7,14,18,21,30,32-34,37H,8H2,(H2,29,36)/b13-6+/t14-,18-,21-,26-/m1/s1. The zero-order chi connectivity index (χ0) is 27.0. The predicted octanol–water partition coefficient (Wildman–Crippen LogP) is 1.67. The van der Waals surface area contributed by atoms with Crippen LogP contribution in [-0.2, 0) is 14.4 Å². The summed E-state index contributed by atoms with van der Waals surface area (Å²) in [6.45, 7) is 0. The first-order valence-corrected chi connectivity index (χ1v) is 11.0. The SMILES string of the molecule is NC(=O)C1=C(O)[C@@]2(O)C(=O)C3=C(O)c4c(O)cccc4/C(=C\c4cc(F)cc(F)c4)[C@H]3[C@H](O)[C@H]2CC1=O. The Morgan fingerprint density at radius 3 is 2.35 bits per heavy atom. The molecule has 5 rings (SSSR count). The molecule has 7 N–H and O–H groups in total.